The molecule has 0 amide bonds. The van der Waals surface area contributed by atoms with Gasteiger partial charge in [0.25, 0.3) is 0 Å². The highest BCUT2D eigenvalue weighted by atomic mass is 16.5. The number of anilines is 2. The normalized spacial score (nSPS) is 14.1. The van der Waals surface area contributed by atoms with Crippen LogP contribution in [0.25, 0.3) is 0 Å². The van der Waals surface area contributed by atoms with E-state index in [0.717, 1.165) is 25.0 Å². The van der Waals surface area contributed by atoms with E-state index in [-0.39, 0.29) is 12.0 Å². The zero-order valence-corrected chi connectivity index (χ0v) is 12.0. The van der Waals surface area contributed by atoms with E-state index in [4.69, 9.17) is 14.9 Å². The average molecular weight is 289 g/mol. The molecule has 0 aromatic carbocycles. The summed E-state index contributed by atoms with van der Waals surface area (Å²) in [6, 6.07) is 4.52. The topological polar surface area (TPSA) is 90.3 Å². The van der Waals surface area contributed by atoms with Crippen molar-refractivity contribution in [3.63, 3.8) is 0 Å². The predicted molar refractivity (Wildman–Crippen MR) is 77.9 cm³/mol. The Kier molecular flexibility index (Phi) is 3.89. The Balaban J connectivity index is 1.82. The van der Waals surface area contributed by atoms with Gasteiger partial charge in [0.05, 0.1) is 19.4 Å². The van der Waals surface area contributed by atoms with Crippen molar-refractivity contribution in [1.82, 2.24) is 15.0 Å². The minimum absolute atomic E-state index is 0.177. The molecule has 0 bridgehead atoms. The summed E-state index contributed by atoms with van der Waals surface area (Å²) in [7, 11) is 0. The minimum Gasteiger partial charge on any atom is -0.467 e. The van der Waals surface area contributed by atoms with Crippen LogP contribution >= 0.6 is 0 Å². The van der Waals surface area contributed by atoms with Crippen LogP contribution in [0.2, 0.25) is 0 Å². The molecule has 1 aliphatic carbocycles. The van der Waals surface area contributed by atoms with Crippen LogP contribution in [-0.4, -0.2) is 27.6 Å². The molecule has 7 nitrogen and oxygen atoms in total. The van der Waals surface area contributed by atoms with Gasteiger partial charge in [-0.05, 0) is 31.4 Å². The molecule has 1 saturated carbocycles. The Morgan fingerprint density at radius 3 is 2.90 bits per heavy atom. The van der Waals surface area contributed by atoms with Gasteiger partial charge >= 0.3 is 6.01 Å². The number of aromatic nitrogens is 3. The zero-order chi connectivity index (χ0) is 14.7. The lowest BCUT2D eigenvalue weighted by Gasteiger charge is -2.21. The lowest BCUT2D eigenvalue weighted by Crippen LogP contribution is -2.27. The number of nitrogens with two attached hydrogens (primary N) is 1. The monoisotopic (exact) mass is 289 g/mol. The van der Waals surface area contributed by atoms with E-state index in [2.05, 4.69) is 19.9 Å². The van der Waals surface area contributed by atoms with E-state index in [1.54, 1.807) is 6.26 Å². The highest BCUT2D eigenvalue weighted by molar-refractivity contribution is 5.39. The van der Waals surface area contributed by atoms with E-state index in [1.165, 1.54) is 0 Å². The molecule has 2 N–H and O–H groups in total. The number of ether oxygens (including phenoxy) is 1. The van der Waals surface area contributed by atoms with Gasteiger partial charge in [0.2, 0.25) is 11.9 Å². The first-order chi connectivity index (χ1) is 10.3. The van der Waals surface area contributed by atoms with Crippen molar-refractivity contribution in [1.29, 1.82) is 0 Å². The molecule has 2 aromatic heterocycles. The molecular formula is C14H19N5O2. The van der Waals surface area contributed by atoms with Crippen LogP contribution in [0.5, 0.6) is 6.01 Å². The van der Waals surface area contributed by atoms with Gasteiger partial charge in [-0.25, -0.2) is 0 Å². The molecule has 2 aromatic rings. The van der Waals surface area contributed by atoms with Crippen molar-refractivity contribution in [2.75, 3.05) is 17.2 Å². The van der Waals surface area contributed by atoms with Crippen LogP contribution < -0.4 is 15.4 Å². The van der Waals surface area contributed by atoms with Crippen LogP contribution in [0.15, 0.2) is 22.8 Å². The van der Waals surface area contributed by atoms with Crippen LogP contribution in [0.3, 0.4) is 0 Å². The zero-order valence-electron chi connectivity index (χ0n) is 12.0. The second-order valence-electron chi connectivity index (χ2n) is 5.06. The highest BCUT2D eigenvalue weighted by Gasteiger charge is 2.32. The fourth-order valence-corrected chi connectivity index (χ4v) is 2.07. The molecule has 1 fully saturated rings. The van der Waals surface area contributed by atoms with Gasteiger partial charge in [0, 0.05) is 6.04 Å². The summed E-state index contributed by atoms with van der Waals surface area (Å²) in [5, 5.41) is 0. The largest absolute Gasteiger partial charge is 0.467 e. The summed E-state index contributed by atoms with van der Waals surface area (Å²) in [5.41, 5.74) is 5.77. The molecule has 0 spiro atoms. The molecule has 112 valence electrons. The maximum Gasteiger partial charge on any atom is 0.323 e. The predicted octanol–water partition coefficient (Wildman–Crippen LogP) is 2.00. The van der Waals surface area contributed by atoms with E-state index >= 15 is 0 Å². The molecule has 7 heteroatoms. The molecule has 0 atom stereocenters. The Bertz CT molecular complexity index is 583. The van der Waals surface area contributed by atoms with Crippen molar-refractivity contribution in [2.24, 2.45) is 0 Å². The molecule has 0 unspecified atom stereocenters. The van der Waals surface area contributed by atoms with Gasteiger partial charge < -0.3 is 19.8 Å². The molecule has 1 aliphatic rings. The first-order valence-corrected chi connectivity index (χ1v) is 7.19. The van der Waals surface area contributed by atoms with Crippen molar-refractivity contribution >= 4 is 11.9 Å². The van der Waals surface area contributed by atoms with Gasteiger partial charge in [-0.3, -0.25) is 0 Å². The van der Waals surface area contributed by atoms with E-state index in [1.807, 2.05) is 19.1 Å². The number of rotatable bonds is 7. The van der Waals surface area contributed by atoms with Crippen molar-refractivity contribution in [3.8, 4) is 6.01 Å². The van der Waals surface area contributed by atoms with Crippen LogP contribution in [0, 0.1) is 0 Å². The molecule has 21 heavy (non-hydrogen) atoms. The highest BCUT2D eigenvalue weighted by Crippen LogP contribution is 2.32. The minimum atomic E-state index is 0.177. The lowest BCUT2D eigenvalue weighted by molar-refractivity contribution is 0.291. The Morgan fingerprint density at radius 1 is 1.38 bits per heavy atom. The standard InChI is InChI=1S/C14H19N5O2/c1-2-7-21-14-17-12(15)16-13(18-14)19(10-5-6-10)9-11-4-3-8-20-11/h3-4,8,10H,2,5-7,9H2,1H3,(H2,15,16,17,18). The van der Waals surface area contributed by atoms with E-state index in [0.29, 0.717) is 25.1 Å². The molecule has 0 saturated heterocycles. The third kappa shape index (κ3) is 3.42. The lowest BCUT2D eigenvalue weighted by atomic mass is 10.4. The summed E-state index contributed by atoms with van der Waals surface area (Å²) in [4.78, 5) is 14.7. The number of furan rings is 1. The Hall–Kier alpha value is -2.31. The first kappa shape index (κ1) is 13.7. The van der Waals surface area contributed by atoms with E-state index in [9.17, 15) is 0 Å². The molecule has 0 aliphatic heterocycles. The van der Waals surface area contributed by atoms with Gasteiger partial charge in [0.15, 0.2) is 0 Å². The van der Waals surface area contributed by atoms with Crippen LogP contribution in [-0.2, 0) is 6.54 Å². The smallest absolute Gasteiger partial charge is 0.323 e. The maximum absolute atomic E-state index is 5.77. The maximum atomic E-state index is 5.77. The van der Waals surface area contributed by atoms with Gasteiger partial charge in [-0.1, -0.05) is 6.92 Å². The quantitative estimate of drug-likeness (QED) is 0.833. The van der Waals surface area contributed by atoms with Gasteiger partial charge in [-0.15, -0.1) is 0 Å². The van der Waals surface area contributed by atoms with Crippen molar-refractivity contribution in [3.05, 3.63) is 24.2 Å². The van der Waals surface area contributed by atoms with Gasteiger partial charge in [0.1, 0.15) is 5.76 Å². The number of nitrogens with zero attached hydrogens (tertiary/aromatic N) is 4. The molecule has 2 heterocycles. The van der Waals surface area contributed by atoms with Gasteiger partial charge in [-0.2, -0.15) is 15.0 Å². The summed E-state index contributed by atoms with van der Waals surface area (Å²) >= 11 is 0. The Morgan fingerprint density at radius 2 is 2.24 bits per heavy atom. The molecular weight excluding hydrogens is 270 g/mol. The third-order valence-electron chi connectivity index (χ3n) is 3.21. The fourth-order valence-electron chi connectivity index (χ4n) is 2.07. The Labute approximate surface area is 123 Å². The van der Waals surface area contributed by atoms with E-state index < -0.39 is 0 Å². The van der Waals surface area contributed by atoms with Crippen molar-refractivity contribution in [2.45, 2.75) is 38.8 Å². The molecule has 0 radical (unpaired) electrons. The van der Waals surface area contributed by atoms with Crippen LogP contribution in [0.4, 0.5) is 11.9 Å². The fraction of sp³-hybridized carbons (Fsp3) is 0.500. The number of nitrogen functional groups attached to an aromatic ring is 1. The second-order valence-corrected chi connectivity index (χ2v) is 5.06. The summed E-state index contributed by atoms with van der Waals surface area (Å²) in [6.07, 6.45) is 4.80. The summed E-state index contributed by atoms with van der Waals surface area (Å²) in [6.45, 7) is 3.21. The average Bonchev–Trinajstić information content (AvgIpc) is 3.18. The summed E-state index contributed by atoms with van der Waals surface area (Å²) < 4.78 is 10.9. The third-order valence-corrected chi connectivity index (χ3v) is 3.21. The first-order valence-electron chi connectivity index (χ1n) is 7.19. The number of hydrogen-bond donors (Lipinski definition) is 1. The number of hydrogen-bond acceptors (Lipinski definition) is 7. The summed E-state index contributed by atoms with van der Waals surface area (Å²) in [5.74, 6) is 1.60. The van der Waals surface area contributed by atoms with Crippen molar-refractivity contribution < 1.29 is 9.15 Å². The van der Waals surface area contributed by atoms with Crippen LogP contribution in [0.1, 0.15) is 31.9 Å². The molecule has 3 rings (SSSR count). The second kappa shape index (κ2) is 5.99. The SMILES string of the molecule is CCCOc1nc(N)nc(N(Cc2ccco2)C2CC2)n1.